The van der Waals surface area contributed by atoms with Gasteiger partial charge in [0.2, 0.25) is 0 Å². The second-order valence-corrected chi connectivity index (χ2v) is 11.6. The highest BCUT2D eigenvalue weighted by Crippen LogP contribution is 2.12. The SMILES string of the molecule is CCCC/C=C\CCCCCCCC(=O)O[C@@H](CO)COC(=O)CCCCCCCCC/C=C\C/C=C\CCCCC. The maximum Gasteiger partial charge on any atom is 0.306 e. The quantitative estimate of drug-likeness (QED) is 0.0494. The third kappa shape index (κ3) is 31.1. The van der Waals surface area contributed by atoms with Crippen LogP contribution in [0, 0.1) is 0 Å². The molecule has 0 heterocycles. The molecule has 5 nitrogen and oxygen atoms in total. The Hall–Kier alpha value is -1.88. The van der Waals surface area contributed by atoms with Crippen molar-refractivity contribution in [2.24, 2.45) is 0 Å². The summed E-state index contributed by atoms with van der Waals surface area (Å²) in [6.07, 6.45) is 39.1. The van der Waals surface area contributed by atoms with E-state index < -0.39 is 6.10 Å². The fourth-order valence-corrected chi connectivity index (χ4v) is 4.68. The largest absolute Gasteiger partial charge is 0.462 e. The van der Waals surface area contributed by atoms with Crippen LogP contribution in [-0.4, -0.2) is 36.4 Å². The van der Waals surface area contributed by atoms with Crippen LogP contribution in [0.4, 0.5) is 0 Å². The number of hydrogen-bond donors (Lipinski definition) is 1. The van der Waals surface area contributed by atoms with E-state index in [4.69, 9.17) is 9.47 Å². The van der Waals surface area contributed by atoms with E-state index in [1.54, 1.807) is 0 Å². The van der Waals surface area contributed by atoms with E-state index in [0.717, 1.165) is 57.8 Å². The van der Waals surface area contributed by atoms with Crippen LogP contribution in [0.1, 0.15) is 168 Å². The molecule has 0 aromatic heterocycles. The molecule has 0 saturated carbocycles. The van der Waals surface area contributed by atoms with E-state index in [-0.39, 0.29) is 25.2 Å². The van der Waals surface area contributed by atoms with Crippen molar-refractivity contribution >= 4 is 11.9 Å². The number of esters is 2. The first kappa shape index (κ1) is 40.1. The Bertz CT molecular complexity index is 682. The van der Waals surface area contributed by atoms with Gasteiger partial charge in [-0.2, -0.15) is 0 Å². The average Bonchev–Trinajstić information content (AvgIpc) is 2.99. The lowest BCUT2D eigenvalue weighted by atomic mass is 10.1. The zero-order chi connectivity index (χ0) is 30.8. The predicted octanol–water partition coefficient (Wildman–Crippen LogP) is 10.5. The van der Waals surface area contributed by atoms with Crippen molar-refractivity contribution in [3.8, 4) is 0 Å². The molecule has 0 aliphatic heterocycles. The lowest BCUT2D eigenvalue weighted by molar-refractivity contribution is -0.161. The topological polar surface area (TPSA) is 72.8 Å². The Morgan fingerprint density at radius 1 is 0.548 bits per heavy atom. The van der Waals surface area contributed by atoms with Gasteiger partial charge in [-0.1, -0.05) is 127 Å². The van der Waals surface area contributed by atoms with Gasteiger partial charge in [0.05, 0.1) is 6.61 Å². The molecule has 0 spiro atoms. The average molecular weight is 591 g/mol. The van der Waals surface area contributed by atoms with Crippen LogP contribution >= 0.6 is 0 Å². The van der Waals surface area contributed by atoms with Crippen molar-refractivity contribution in [2.45, 2.75) is 174 Å². The van der Waals surface area contributed by atoms with Crippen LogP contribution in [0.15, 0.2) is 36.5 Å². The summed E-state index contributed by atoms with van der Waals surface area (Å²) in [5.74, 6) is -0.613. The summed E-state index contributed by atoms with van der Waals surface area (Å²) in [7, 11) is 0. The van der Waals surface area contributed by atoms with Gasteiger partial charge in [-0.3, -0.25) is 9.59 Å². The van der Waals surface area contributed by atoms with E-state index in [1.165, 1.54) is 83.5 Å². The predicted molar refractivity (Wildman–Crippen MR) is 178 cm³/mol. The molecule has 0 aromatic rings. The molecule has 0 aliphatic rings. The molecular weight excluding hydrogens is 524 g/mol. The fourth-order valence-electron chi connectivity index (χ4n) is 4.68. The molecule has 0 unspecified atom stereocenters. The summed E-state index contributed by atoms with van der Waals surface area (Å²) < 4.78 is 10.5. The van der Waals surface area contributed by atoms with Crippen LogP contribution in [0.25, 0.3) is 0 Å². The minimum Gasteiger partial charge on any atom is -0.462 e. The van der Waals surface area contributed by atoms with Crippen molar-refractivity contribution < 1.29 is 24.2 Å². The van der Waals surface area contributed by atoms with Crippen LogP contribution in [0.5, 0.6) is 0 Å². The van der Waals surface area contributed by atoms with Crippen molar-refractivity contribution in [1.82, 2.24) is 0 Å². The van der Waals surface area contributed by atoms with E-state index in [1.807, 2.05) is 0 Å². The summed E-state index contributed by atoms with van der Waals surface area (Å²) in [4.78, 5) is 24.1. The highest BCUT2D eigenvalue weighted by atomic mass is 16.6. The molecule has 42 heavy (non-hydrogen) atoms. The first-order valence-corrected chi connectivity index (χ1v) is 17.5. The van der Waals surface area contributed by atoms with Crippen LogP contribution < -0.4 is 0 Å². The van der Waals surface area contributed by atoms with Crippen molar-refractivity contribution in [1.29, 1.82) is 0 Å². The first-order chi connectivity index (χ1) is 20.6. The molecule has 1 atom stereocenters. The Balaban J connectivity index is 3.59. The van der Waals surface area contributed by atoms with Crippen LogP contribution in [0.3, 0.4) is 0 Å². The van der Waals surface area contributed by atoms with Gasteiger partial charge in [0, 0.05) is 12.8 Å². The smallest absolute Gasteiger partial charge is 0.306 e. The number of ether oxygens (including phenoxy) is 2. The van der Waals surface area contributed by atoms with E-state index in [0.29, 0.717) is 12.8 Å². The van der Waals surface area contributed by atoms with E-state index in [9.17, 15) is 14.7 Å². The molecular formula is C37H66O5. The molecule has 0 bridgehead atoms. The summed E-state index contributed by atoms with van der Waals surface area (Å²) >= 11 is 0. The zero-order valence-corrected chi connectivity index (χ0v) is 27.5. The minimum atomic E-state index is -0.775. The maximum absolute atomic E-state index is 12.1. The highest BCUT2D eigenvalue weighted by Gasteiger charge is 2.16. The standard InChI is InChI=1S/C37H66O5/c1-3-5-7-9-11-13-15-16-17-18-19-20-22-23-25-27-29-31-36(39)41-34-35(33-38)42-37(40)32-30-28-26-24-21-14-12-10-8-6-4-2/h10-13,16-17,35,38H,3-9,14-15,18-34H2,1-2H3/b12-10-,13-11-,17-16-/t35-/m0/s1. The number of aliphatic hydroxyl groups excluding tert-OH is 1. The maximum atomic E-state index is 12.1. The molecule has 0 radical (unpaired) electrons. The lowest BCUT2D eigenvalue weighted by Crippen LogP contribution is -2.28. The van der Waals surface area contributed by atoms with E-state index >= 15 is 0 Å². The van der Waals surface area contributed by atoms with Crippen molar-refractivity contribution in [3.63, 3.8) is 0 Å². The van der Waals surface area contributed by atoms with Gasteiger partial charge in [0.1, 0.15) is 6.61 Å². The lowest BCUT2D eigenvalue weighted by Gasteiger charge is -2.15. The number of carbonyl (C=O) groups is 2. The summed E-state index contributed by atoms with van der Waals surface area (Å²) in [6, 6.07) is 0. The first-order valence-electron chi connectivity index (χ1n) is 17.5. The van der Waals surface area contributed by atoms with Gasteiger partial charge < -0.3 is 14.6 Å². The van der Waals surface area contributed by atoms with Crippen molar-refractivity contribution in [3.05, 3.63) is 36.5 Å². The summed E-state index contributed by atoms with van der Waals surface area (Å²) in [5, 5.41) is 9.50. The molecule has 0 fully saturated rings. The fraction of sp³-hybridized carbons (Fsp3) is 0.784. The Labute approximate surface area is 259 Å². The Morgan fingerprint density at radius 2 is 0.976 bits per heavy atom. The number of unbranched alkanes of at least 4 members (excludes halogenated alkanes) is 17. The molecule has 0 aliphatic carbocycles. The van der Waals surface area contributed by atoms with Gasteiger partial charge >= 0.3 is 11.9 Å². The molecule has 0 amide bonds. The molecule has 0 aromatic carbocycles. The van der Waals surface area contributed by atoms with Crippen LogP contribution in [-0.2, 0) is 19.1 Å². The van der Waals surface area contributed by atoms with Gasteiger partial charge in [-0.05, 0) is 64.2 Å². The number of rotatable bonds is 31. The molecule has 5 heteroatoms. The number of hydrogen-bond acceptors (Lipinski definition) is 5. The second kappa shape index (κ2) is 33.6. The van der Waals surface area contributed by atoms with Gasteiger partial charge in [-0.25, -0.2) is 0 Å². The molecule has 1 N–H and O–H groups in total. The third-order valence-electron chi connectivity index (χ3n) is 7.41. The van der Waals surface area contributed by atoms with Gasteiger partial charge in [0.15, 0.2) is 6.10 Å². The van der Waals surface area contributed by atoms with Gasteiger partial charge in [0.25, 0.3) is 0 Å². The summed E-state index contributed by atoms with van der Waals surface area (Å²) in [5.41, 5.74) is 0. The summed E-state index contributed by atoms with van der Waals surface area (Å²) in [6.45, 7) is 4.04. The van der Waals surface area contributed by atoms with E-state index in [2.05, 4.69) is 50.3 Å². The molecule has 0 saturated heterocycles. The molecule has 244 valence electrons. The monoisotopic (exact) mass is 590 g/mol. The molecule has 0 rings (SSSR count). The van der Waals surface area contributed by atoms with Crippen molar-refractivity contribution in [2.75, 3.05) is 13.2 Å². The Morgan fingerprint density at radius 3 is 1.50 bits per heavy atom. The normalized spacial score (nSPS) is 12.5. The minimum absolute atomic E-state index is 0.0729. The number of aliphatic hydroxyl groups is 1. The Kier molecular flexibility index (Phi) is 32.1. The van der Waals surface area contributed by atoms with Crippen LogP contribution in [0.2, 0.25) is 0 Å². The highest BCUT2D eigenvalue weighted by molar-refractivity contribution is 5.70. The van der Waals surface area contributed by atoms with Gasteiger partial charge in [-0.15, -0.1) is 0 Å². The second-order valence-electron chi connectivity index (χ2n) is 11.6. The zero-order valence-electron chi connectivity index (χ0n) is 27.5. The number of allylic oxidation sites excluding steroid dienone is 6. The number of carbonyl (C=O) groups excluding carboxylic acids is 2. The third-order valence-corrected chi connectivity index (χ3v) is 7.41.